The average molecular weight is 427 g/mol. The summed E-state index contributed by atoms with van der Waals surface area (Å²) in [5, 5.41) is 0. The van der Waals surface area contributed by atoms with Gasteiger partial charge in [-0.2, -0.15) is 0 Å². The molecule has 1 amide bonds. The van der Waals surface area contributed by atoms with Gasteiger partial charge in [-0.15, -0.1) is 0 Å². The first-order valence-electron chi connectivity index (χ1n) is 10.6. The highest BCUT2D eigenvalue weighted by molar-refractivity contribution is 5.70. The van der Waals surface area contributed by atoms with Crippen molar-refractivity contribution in [3.63, 3.8) is 0 Å². The van der Waals surface area contributed by atoms with Crippen LogP contribution in [0.5, 0.6) is 17.2 Å². The van der Waals surface area contributed by atoms with E-state index < -0.39 is 5.60 Å². The van der Waals surface area contributed by atoms with Gasteiger partial charge in [0.25, 0.3) is 0 Å². The van der Waals surface area contributed by atoms with Crippen LogP contribution in [0.15, 0.2) is 42.5 Å². The Morgan fingerprint density at radius 1 is 1.00 bits per heavy atom. The number of carbonyl (C=O) groups excluding carboxylic acids is 1. The summed E-state index contributed by atoms with van der Waals surface area (Å²) in [6.07, 6.45) is 1.42. The summed E-state index contributed by atoms with van der Waals surface area (Å²) < 4.78 is 22.0. The van der Waals surface area contributed by atoms with E-state index in [2.05, 4.69) is 23.1 Å². The van der Waals surface area contributed by atoms with E-state index in [-0.39, 0.29) is 18.9 Å². The van der Waals surface area contributed by atoms with Crippen LogP contribution in [-0.4, -0.2) is 49.6 Å². The molecule has 2 aliphatic heterocycles. The van der Waals surface area contributed by atoms with Gasteiger partial charge in [-0.25, -0.2) is 4.79 Å². The van der Waals surface area contributed by atoms with Crippen molar-refractivity contribution >= 4 is 17.5 Å². The monoisotopic (exact) mass is 426 g/mol. The lowest BCUT2D eigenvalue weighted by molar-refractivity contribution is 0.0206. The lowest BCUT2D eigenvalue weighted by atomic mass is 10.0. The number of piperidine rings is 1. The normalized spacial score (nSPS) is 16.2. The van der Waals surface area contributed by atoms with Gasteiger partial charge in [0.05, 0.1) is 7.11 Å². The molecule has 1 saturated heterocycles. The molecule has 0 bridgehead atoms. The highest BCUT2D eigenvalue weighted by atomic mass is 16.7. The first-order valence-corrected chi connectivity index (χ1v) is 10.6. The SMILES string of the molecule is COc1ccc(N(c2ccc3c(c2)OCO3)C2CCN(C(=O)OC(C)(C)C)CC2)cc1. The molecular weight excluding hydrogens is 396 g/mol. The lowest BCUT2D eigenvalue weighted by Crippen LogP contribution is -2.46. The Morgan fingerprint density at radius 2 is 1.65 bits per heavy atom. The van der Waals surface area contributed by atoms with E-state index in [0.29, 0.717) is 13.1 Å². The van der Waals surface area contributed by atoms with Crippen LogP contribution in [0.25, 0.3) is 0 Å². The Hall–Kier alpha value is -3.09. The number of carbonyl (C=O) groups is 1. The number of anilines is 2. The Bertz CT molecular complexity index is 915. The third-order valence-corrected chi connectivity index (χ3v) is 5.47. The van der Waals surface area contributed by atoms with E-state index in [4.69, 9.17) is 18.9 Å². The fourth-order valence-electron chi connectivity index (χ4n) is 3.98. The third kappa shape index (κ3) is 4.81. The standard InChI is InChI=1S/C24H30N2O5/c1-24(2,3)31-23(27)25-13-11-18(12-14-25)26(17-5-8-20(28-4)9-6-17)19-7-10-21-22(15-19)30-16-29-21/h5-10,15,18H,11-14,16H2,1-4H3. The minimum atomic E-state index is -0.491. The second kappa shape index (κ2) is 8.57. The second-order valence-electron chi connectivity index (χ2n) is 8.80. The molecule has 0 spiro atoms. The van der Waals surface area contributed by atoms with Gasteiger partial charge in [0, 0.05) is 36.6 Å². The smallest absolute Gasteiger partial charge is 0.410 e. The van der Waals surface area contributed by atoms with Crippen LogP contribution >= 0.6 is 0 Å². The minimum absolute atomic E-state index is 0.229. The van der Waals surface area contributed by atoms with E-state index >= 15 is 0 Å². The van der Waals surface area contributed by atoms with Gasteiger partial charge in [-0.1, -0.05) is 0 Å². The Morgan fingerprint density at radius 3 is 2.29 bits per heavy atom. The molecule has 7 nitrogen and oxygen atoms in total. The molecule has 2 aromatic rings. The molecule has 0 aromatic heterocycles. The number of fused-ring (bicyclic) bond motifs is 1. The second-order valence-corrected chi connectivity index (χ2v) is 8.80. The van der Waals surface area contributed by atoms with Crippen LogP contribution < -0.4 is 19.1 Å². The summed E-state index contributed by atoms with van der Waals surface area (Å²) >= 11 is 0. The zero-order chi connectivity index (χ0) is 22.0. The quantitative estimate of drug-likeness (QED) is 0.689. The number of hydrogen-bond donors (Lipinski definition) is 0. The Kier molecular flexibility index (Phi) is 5.85. The minimum Gasteiger partial charge on any atom is -0.497 e. The number of benzene rings is 2. The van der Waals surface area contributed by atoms with Crippen molar-refractivity contribution < 1.29 is 23.7 Å². The van der Waals surface area contributed by atoms with Crippen LogP contribution in [-0.2, 0) is 4.74 Å². The van der Waals surface area contributed by atoms with Crippen molar-refractivity contribution in [3.05, 3.63) is 42.5 Å². The Balaban J connectivity index is 1.56. The van der Waals surface area contributed by atoms with Crippen molar-refractivity contribution in [1.82, 2.24) is 4.90 Å². The van der Waals surface area contributed by atoms with Crippen LogP contribution in [0.1, 0.15) is 33.6 Å². The summed E-state index contributed by atoms with van der Waals surface area (Å²) in [6.45, 7) is 7.22. The van der Waals surface area contributed by atoms with Crippen molar-refractivity contribution in [2.75, 3.05) is 31.9 Å². The molecule has 2 aliphatic rings. The van der Waals surface area contributed by atoms with Gasteiger partial charge in [0.15, 0.2) is 11.5 Å². The van der Waals surface area contributed by atoms with Crippen molar-refractivity contribution in [2.24, 2.45) is 0 Å². The van der Waals surface area contributed by atoms with Gasteiger partial charge in [0.2, 0.25) is 6.79 Å². The van der Waals surface area contributed by atoms with E-state index in [1.165, 1.54) is 0 Å². The number of hydrogen-bond acceptors (Lipinski definition) is 6. The molecule has 0 saturated carbocycles. The zero-order valence-corrected chi connectivity index (χ0v) is 18.6. The fourth-order valence-corrected chi connectivity index (χ4v) is 3.98. The Labute approximate surface area is 183 Å². The van der Waals surface area contributed by atoms with Crippen molar-refractivity contribution in [2.45, 2.75) is 45.3 Å². The maximum Gasteiger partial charge on any atom is 0.410 e. The first-order chi connectivity index (χ1) is 14.8. The number of methoxy groups -OCH3 is 1. The van der Waals surface area contributed by atoms with Crippen LogP contribution in [0.3, 0.4) is 0 Å². The highest BCUT2D eigenvalue weighted by Crippen LogP contribution is 2.40. The number of amides is 1. The molecule has 0 unspecified atom stereocenters. The maximum atomic E-state index is 12.5. The first kappa shape index (κ1) is 21.2. The van der Waals surface area contributed by atoms with E-state index in [1.807, 2.05) is 45.0 Å². The van der Waals surface area contributed by atoms with Crippen molar-refractivity contribution in [3.8, 4) is 17.2 Å². The van der Waals surface area contributed by atoms with Gasteiger partial charge in [0.1, 0.15) is 11.4 Å². The summed E-state index contributed by atoms with van der Waals surface area (Å²) in [5.41, 5.74) is 1.61. The number of nitrogens with zero attached hydrogens (tertiary/aromatic N) is 2. The molecule has 0 N–H and O–H groups in total. The summed E-state index contributed by atoms with van der Waals surface area (Å²) in [6, 6.07) is 14.3. The molecule has 166 valence electrons. The molecule has 1 fully saturated rings. The third-order valence-electron chi connectivity index (χ3n) is 5.47. The summed E-state index contributed by atoms with van der Waals surface area (Å²) in [7, 11) is 1.66. The molecular formula is C24H30N2O5. The number of rotatable bonds is 4. The fraction of sp³-hybridized carbons (Fsp3) is 0.458. The maximum absolute atomic E-state index is 12.5. The number of ether oxygens (including phenoxy) is 4. The van der Waals surface area contributed by atoms with Gasteiger partial charge < -0.3 is 28.7 Å². The molecule has 0 aliphatic carbocycles. The predicted molar refractivity (Wildman–Crippen MR) is 119 cm³/mol. The van der Waals surface area contributed by atoms with Gasteiger partial charge in [-0.3, -0.25) is 0 Å². The molecule has 4 rings (SSSR count). The zero-order valence-electron chi connectivity index (χ0n) is 18.6. The highest BCUT2D eigenvalue weighted by Gasteiger charge is 2.31. The predicted octanol–water partition coefficient (Wildman–Crippen LogP) is 4.96. The lowest BCUT2D eigenvalue weighted by Gasteiger charge is -2.40. The van der Waals surface area contributed by atoms with Gasteiger partial charge >= 0.3 is 6.09 Å². The molecule has 7 heteroatoms. The van der Waals surface area contributed by atoms with Crippen molar-refractivity contribution in [1.29, 1.82) is 0 Å². The van der Waals surface area contributed by atoms with Crippen LogP contribution in [0.2, 0.25) is 0 Å². The summed E-state index contributed by atoms with van der Waals surface area (Å²) in [5.74, 6) is 2.33. The van der Waals surface area contributed by atoms with Gasteiger partial charge in [-0.05, 0) is 70.0 Å². The number of likely N-dealkylation sites (tertiary alicyclic amines) is 1. The average Bonchev–Trinajstić information content (AvgIpc) is 3.22. The van der Waals surface area contributed by atoms with Crippen LogP contribution in [0, 0.1) is 0 Å². The molecule has 2 heterocycles. The molecule has 31 heavy (non-hydrogen) atoms. The molecule has 0 radical (unpaired) electrons. The largest absolute Gasteiger partial charge is 0.497 e. The molecule has 2 aromatic carbocycles. The van der Waals surface area contributed by atoms with E-state index in [1.54, 1.807) is 12.0 Å². The molecule has 0 atom stereocenters. The topological polar surface area (TPSA) is 60.5 Å². The summed E-state index contributed by atoms with van der Waals surface area (Å²) in [4.78, 5) is 16.6. The van der Waals surface area contributed by atoms with E-state index in [9.17, 15) is 4.79 Å². The van der Waals surface area contributed by atoms with Crippen LogP contribution in [0.4, 0.5) is 16.2 Å². The van der Waals surface area contributed by atoms with E-state index in [0.717, 1.165) is 41.5 Å².